The Bertz CT molecular complexity index is 1700. The van der Waals surface area contributed by atoms with Crippen molar-refractivity contribution < 1.29 is 18.0 Å². The van der Waals surface area contributed by atoms with Crippen LogP contribution in [-0.2, 0) is 26.0 Å². The van der Waals surface area contributed by atoms with E-state index in [2.05, 4.69) is 36.3 Å². The Labute approximate surface area is 254 Å². The summed E-state index contributed by atoms with van der Waals surface area (Å²) in [6, 6.07) is 25.2. The van der Waals surface area contributed by atoms with E-state index < -0.39 is 22.5 Å². The number of nitrogens with zero attached hydrogens (tertiary/aromatic N) is 3. The third-order valence-corrected chi connectivity index (χ3v) is 8.91. The van der Waals surface area contributed by atoms with Crippen LogP contribution in [0.4, 0.5) is 5.69 Å². The molecule has 0 saturated carbocycles. The molecule has 0 aliphatic rings. The van der Waals surface area contributed by atoms with Crippen LogP contribution in [0.25, 0.3) is 5.69 Å². The number of halogens is 1. The van der Waals surface area contributed by atoms with E-state index in [1.165, 1.54) is 31.2 Å². The summed E-state index contributed by atoms with van der Waals surface area (Å²) in [6.45, 7) is 4.99. The molecule has 0 bridgehead atoms. The number of hydrazone groups is 1. The maximum atomic E-state index is 13.6. The zero-order chi connectivity index (χ0) is 30.3. The molecule has 42 heavy (non-hydrogen) atoms. The maximum Gasteiger partial charge on any atom is 0.255 e. The summed E-state index contributed by atoms with van der Waals surface area (Å²) < 4.78 is 31.3. The molecule has 0 aliphatic carbocycles. The lowest BCUT2D eigenvalue weighted by Gasteiger charge is -2.21. The topological polar surface area (TPSA) is 113 Å². The average Bonchev–Trinajstić information content (AvgIpc) is 3.23. The van der Waals surface area contributed by atoms with Crippen LogP contribution >= 0.6 is 15.9 Å². The Morgan fingerprint density at radius 2 is 1.69 bits per heavy atom. The van der Waals surface area contributed by atoms with Gasteiger partial charge in [0.2, 0.25) is 15.9 Å². The second-order valence-corrected chi connectivity index (χ2v) is 12.6. The highest BCUT2D eigenvalue weighted by molar-refractivity contribution is 9.10. The standard InChI is InChI=1S/C31H32BrN5O4S/c1-22-18-26(23(2)37(22)29-11-7-10-27(32)19-29)20-33-35-31(39)21-36(17-16-25-8-5-4-6-9-25)42(40,41)30-14-12-28(13-15-30)34-24(3)38/h4-15,18-20H,16-17,21H2,1-3H3,(H,34,38)(H,35,39)/b33-20+. The highest BCUT2D eigenvalue weighted by Crippen LogP contribution is 2.23. The molecule has 4 aromatic rings. The number of aromatic nitrogens is 1. The van der Waals surface area contributed by atoms with Crippen LogP contribution in [0.2, 0.25) is 0 Å². The van der Waals surface area contributed by atoms with Gasteiger partial charge in [-0.2, -0.15) is 9.41 Å². The zero-order valence-corrected chi connectivity index (χ0v) is 25.9. The lowest BCUT2D eigenvalue weighted by atomic mass is 10.1. The second kappa shape index (κ2) is 13.7. The minimum atomic E-state index is -4.03. The molecule has 1 heterocycles. The lowest BCUT2D eigenvalue weighted by molar-refractivity contribution is -0.121. The Kier molecular flexibility index (Phi) is 10.1. The van der Waals surface area contributed by atoms with E-state index >= 15 is 0 Å². The van der Waals surface area contributed by atoms with Gasteiger partial charge in [0.15, 0.2) is 0 Å². The first kappa shape index (κ1) is 30.9. The lowest BCUT2D eigenvalue weighted by Crippen LogP contribution is -2.40. The van der Waals surface area contributed by atoms with Crippen LogP contribution < -0.4 is 10.7 Å². The Morgan fingerprint density at radius 3 is 2.36 bits per heavy atom. The van der Waals surface area contributed by atoms with Gasteiger partial charge in [0, 0.05) is 46.3 Å². The van der Waals surface area contributed by atoms with Crippen molar-refractivity contribution in [2.24, 2.45) is 5.10 Å². The number of nitrogens with one attached hydrogen (secondary N) is 2. The molecular formula is C31H32BrN5O4S. The minimum absolute atomic E-state index is 0.0148. The van der Waals surface area contributed by atoms with Crippen molar-refractivity contribution in [1.29, 1.82) is 0 Å². The molecule has 0 saturated heterocycles. The van der Waals surface area contributed by atoms with Gasteiger partial charge >= 0.3 is 0 Å². The van der Waals surface area contributed by atoms with Gasteiger partial charge in [-0.25, -0.2) is 13.8 Å². The van der Waals surface area contributed by atoms with Crippen molar-refractivity contribution in [2.45, 2.75) is 32.1 Å². The molecular weight excluding hydrogens is 618 g/mol. The molecule has 11 heteroatoms. The van der Waals surface area contributed by atoms with Gasteiger partial charge in [-0.3, -0.25) is 9.59 Å². The number of aryl methyl sites for hydroxylation is 1. The third kappa shape index (κ3) is 7.81. The predicted octanol–water partition coefficient (Wildman–Crippen LogP) is 5.20. The van der Waals surface area contributed by atoms with E-state index in [0.717, 1.165) is 37.0 Å². The Morgan fingerprint density at radius 1 is 0.976 bits per heavy atom. The predicted molar refractivity (Wildman–Crippen MR) is 168 cm³/mol. The molecule has 0 radical (unpaired) electrons. The molecule has 0 aliphatic heterocycles. The number of benzene rings is 3. The number of hydrogen-bond donors (Lipinski definition) is 2. The first-order valence-electron chi connectivity index (χ1n) is 13.2. The van der Waals surface area contributed by atoms with Gasteiger partial charge < -0.3 is 9.88 Å². The summed E-state index contributed by atoms with van der Waals surface area (Å²) in [5, 5.41) is 6.74. The number of amides is 2. The van der Waals surface area contributed by atoms with Gasteiger partial charge in [0.05, 0.1) is 17.7 Å². The quantitative estimate of drug-likeness (QED) is 0.172. The normalized spacial score (nSPS) is 11.6. The fraction of sp³-hybridized carbons (Fsp3) is 0.194. The number of sulfonamides is 1. The van der Waals surface area contributed by atoms with E-state index in [0.29, 0.717) is 12.1 Å². The fourth-order valence-corrected chi connectivity index (χ4v) is 6.33. The summed E-state index contributed by atoms with van der Waals surface area (Å²) in [7, 11) is -4.03. The van der Waals surface area contributed by atoms with Crippen molar-refractivity contribution in [3.63, 3.8) is 0 Å². The maximum absolute atomic E-state index is 13.6. The first-order chi connectivity index (χ1) is 20.0. The number of carbonyl (C=O) groups excluding carboxylic acids is 2. The summed E-state index contributed by atoms with van der Waals surface area (Å²) in [6.07, 6.45) is 1.97. The van der Waals surface area contributed by atoms with Gasteiger partial charge in [-0.05, 0) is 74.4 Å². The molecule has 0 unspecified atom stereocenters. The highest BCUT2D eigenvalue weighted by atomic mass is 79.9. The molecule has 218 valence electrons. The van der Waals surface area contributed by atoms with Crippen LogP contribution in [-0.4, -0.2) is 48.4 Å². The Hall–Kier alpha value is -4.06. The smallest absolute Gasteiger partial charge is 0.255 e. The molecule has 0 fully saturated rings. The first-order valence-corrected chi connectivity index (χ1v) is 15.5. The van der Waals surface area contributed by atoms with Crippen LogP contribution in [0.3, 0.4) is 0 Å². The van der Waals surface area contributed by atoms with Crippen molar-refractivity contribution in [1.82, 2.24) is 14.3 Å². The SMILES string of the molecule is CC(=O)Nc1ccc(S(=O)(=O)N(CCc2ccccc2)CC(=O)N/N=C/c2cc(C)n(-c3cccc(Br)c3)c2C)cc1. The van der Waals surface area contributed by atoms with E-state index in [4.69, 9.17) is 0 Å². The molecule has 9 nitrogen and oxygen atoms in total. The van der Waals surface area contributed by atoms with E-state index in [1.807, 2.05) is 74.5 Å². The van der Waals surface area contributed by atoms with Crippen molar-refractivity contribution in [3.05, 3.63) is 112 Å². The fourth-order valence-electron chi connectivity index (χ4n) is 4.55. The molecule has 2 amide bonds. The van der Waals surface area contributed by atoms with Gasteiger partial charge in [0.25, 0.3) is 5.91 Å². The van der Waals surface area contributed by atoms with Crippen LogP contribution in [0.1, 0.15) is 29.4 Å². The number of rotatable bonds is 11. The molecule has 0 spiro atoms. The zero-order valence-electron chi connectivity index (χ0n) is 23.5. The monoisotopic (exact) mass is 649 g/mol. The van der Waals surface area contributed by atoms with Gasteiger partial charge in [-0.1, -0.05) is 52.3 Å². The average molecular weight is 651 g/mol. The van der Waals surface area contributed by atoms with E-state index in [9.17, 15) is 18.0 Å². The van der Waals surface area contributed by atoms with Crippen LogP contribution in [0.15, 0.2) is 99.4 Å². The Balaban J connectivity index is 1.50. The van der Waals surface area contributed by atoms with Crippen LogP contribution in [0.5, 0.6) is 0 Å². The summed E-state index contributed by atoms with van der Waals surface area (Å²) in [5.74, 6) is -0.832. The van der Waals surface area contributed by atoms with Crippen molar-refractivity contribution >= 4 is 49.7 Å². The molecule has 0 atom stereocenters. The summed E-state index contributed by atoms with van der Waals surface area (Å²) in [4.78, 5) is 24.3. The largest absolute Gasteiger partial charge is 0.326 e. The van der Waals surface area contributed by atoms with Gasteiger partial charge in [0.1, 0.15) is 0 Å². The minimum Gasteiger partial charge on any atom is -0.326 e. The van der Waals surface area contributed by atoms with E-state index in [1.54, 1.807) is 6.21 Å². The van der Waals surface area contributed by atoms with Crippen molar-refractivity contribution in [3.8, 4) is 5.69 Å². The second-order valence-electron chi connectivity index (χ2n) is 9.71. The third-order valence-electron chi connectivity index (χ3n) is 6.55. The van der Waals surface area contributed by atoms with E-state index in [-0.39, 0.29) is 17.3 Å². The number of carbonyl (C=O) groups is 2. The summed E-state index contributed by atoms with van der Waals surface area (Å²) >= 11 is 3.51. The molecule has 4 rings (SSSR count). The number of hydrogen-bond acceptors (Lipinski definition) is 5. The molecule has 3 aromatic carbocycles. The highest BCUT2D eigenvalue weighted by Gasteiger charge is 2.26. The van der Waals surface area contributed by atoms with Crippen LogP contribution in [0, 0.1) is 13.8 Å². The molecule has 1 aromatic heterocycles. The van der Waals surface area contributed by atoms with Gasteiger partial charge in [-0.15, -0.1) is 0 Å². The summed E-state index contributed by atoms with van der Waals surface area (Å²) in [5.41, 5.74) is 7.65. The van der Waals surface area contributed by atoms with Crippen molar-refractivity contribution in [2.75, 3.05) is 18.4 Å². The number of anilines is 1. The molecule has 2 N–H and O–H groups in total.